The highest BCUT2D eigenvalue weighted by molar-refractivity contribution is 5.84. The molecular formula is C17H20N2O. The Labute approximate surface area is 120 Å². The fourth-order valence-electron chi connectivity index (χ4n) is 2.18. The summed E-state index contributed by atoms with van der Waals surface area (Å²) in [5.74, 6) is 3.57. The predicted molar refractivity (Wildman–Crippen MR) is 82.7 cm³/mol. The number of hydrogen-bond donors (Lipinski definition) is 1. The van der Waals surface area contributed by atoms with Crippen molar-refractivity contribution < 1.29 is 4.74 Å². The highest BCUT2D eigenvalue weighted by Gasteiger charge is 2.06. The molecule has 104 valence electrons. The van der Waals surface area contributed by atoms with Gasteiger partial charge in [0.1, 0.15) is 11.3 Å². The van der Waals surface area contributed by atoms with Gasteiger partial charge in [-0.3, -0.25) is 5.32 Å². The Kier molecular flexibility index (Phi) is 4.97. The smallest absolute Gasteiger partial charge is 0.145 e. The standard InChI is InChI=1S/C17H20N2O/c1-4-7-14(5-2)18-12-15-11-10-13-8-6-9-16(20-3)17(13)19-15/h2,6,8-11,14,18H,4,7,12H2,1,3H3. The van der Waals surface area contributed by atoms with Gasteiger partial charge in [-0.1, -0.05) is 37.5 Å². The summed E-state index contributed by atoms with van der Waals surface area (Å²) in [5, 5.41) is 4.43. The van der Waals surface area contributed by atoms with Crippen LogP contribution in [0.1, 0.15) is 25.5 Å². The Bertz CT molecular complexity index is 616. The second-order valence-corrected chi connectivity index (χ2v) is 4.72. The van der Waals surface area contributed by atoms with E-state index in [1.807, 2.05) is 24.3 Å². The molecule has 2 aromatic rings. The van der Waals surface area contributed by atoms with Crippen molar-refractivity contribution in [3.63, 3.8) is 0 Å². The van der Waals surface area contributed by atoms with Crippen LogP contribution in [-0.2, 0) is 6.54 Å². The first-order valence-electron chi connectivity index (χ1n) is 6.90. The topological polar surface area (TPSA) is 34.1 Å². The molecule has 20 heavy (non-hydrogen) atoms. The molecule has 1 atom stereocenters. The van der Waals surface area contributed by atoms with Crippen LogP contribution in [0, 0.1) is 12.3 Å². The number of ether oxygens (including phenoxy) is 1. The van der Waals surface area contributed by atoms with E-state index in [9.17, 15) is 0 Å². The zero-order valence-electron chi connectivity index (χ0n) is 12.0. The third kappa shape index (κ3) is 3.28. The lowest BCUT2D eigenvalue weighted by molar-refractivity contribution is 0.418. The van der Waals surface area contributed by atoms with E-state index in [0.717, 1.165) is 35.2 Å². The fraction of sp³-hybridized carbons (Fsp3) is 0.353. The summed E-state index contributed by atoms with van der Waals surface area (Å²) in [4.78, 5) is 4.66. The number of para-hydroxylation sites is 1. The summed E-state index contributed by atoms with van der Waals surface area (Å²) in [6, 6.07) is 10.1. The largest absolute Gasteiger partial charge is 0.494 e. The van der Waals surface area contributed by atoms with Crippen LogP contribution >= 0.6 is 0 Å². The highest BCUT2D eigenvalue weighted by atomic mass is 16.5. The molecule has 0 radical (unpaired) electrons. The van der Waals surface area contributed by atoms with E-state index >= 15 is 0 Å². The Balaban J connectivity index is 2.17. The lowest BCUT2D eigenvalue weighted by Crippen LogP contribution is -2.27. The Morgan fingerprint density at radius 2 is 2.20 bits per heavy atom. The lowest BCUT2D eigenvalue weighted by atomic mass is 10.1. The van der Waals surface area contributed by atoms with Crippen molar-refractivity contribution in [3.05, 3.63) is 36.0 Å². The lowest BCUT2D eigenvalue weighted by Gasteiger charge is -2.12. The zero-order valence-corrected chi connectivity index (χ0v) is 12.0. The van der Waals surface area contributed by atoms with Gasteiger partial charge >= 0.3 is 0 Å². The Hall–Kier alpha value is -2.05. The molecule has 2 rings (SSSR count). The number of terminal acetylenes is 1. The average molecular weight is 268 g/mol. The summed E-state index contributed by atoms with van der Waals surface area (Å²) >= 11 is 0. The van der Waals surface area contributed by atoms with E-state index in [-0.39, 0.29) is 6.04 Å². The fourth-order valence-corrected chi connectivity index (χ4v) is 2.18. The van der Waals surface area contributed by atoms with Gasteiger partial charge in [0.25, 0.3) is 0 Å². The summed E-state index contributed by atoms with van der Waals surface area (Å²) in [5.41, 5.74) is 1.86. The molecule has 1 unspecified atom stereocenters. The van der Waals surface area contributed by atoms with Gasteiger partial charge in [-0.2, -0.15) is 0 Å². The number of nitrogens with one attached hydrogen (secondary N) is 1. The average Bonchev–Trinajstić information content (AvgIpc) is 2.50. The molecule has 0 aliphatic heterocycles. The number of methoxy groups -OCH3 is 1. The molecule has 0 amide bonds. The molecule has 0 aliphatic carbocycles. The minimum atomic E-state index is 0.107. The van der Waals surface area contributed by atoms with E-state index in [0.29, 0.717) is 6.54 Å². The number of pyridine rings is 1. The van der Waals surface area contributed by atoms with Crippen molar-refractivity contribution in [3.8, 4) is 18.1 Å². The second kappa shape index (κ2) is 6.93. The van der Waals surface area contributed by atoms with Gasteiger partial charge in [-0.05, 0) is 18.6 Å². The number of rotatable bonds is 6. The minimum absolute atomic E-state index is 0.107. The van der Waals surface area contributed by atoms with E-state index in [1.165, 1.54) is 0 Å². The molecule has 0 spiro atoms. The third-order valence-corrected chi connectivity index (χ3v) is 3.27. The molecule has 0 fully saturated rings. The maximum Gasteiger partial charge on any atom is 0.145 e. The quantitative estimate of drug-likeness (QED) is 0.817. The molecule has 0 bridgehead atoms. The maximum atomic E-state index is 5.51. The first kappa shape index (κ1) is 14.4. The normalized spacial score (nSPS) is 12.1. The van der Waals surface area contributed by atoms with Crippen LogP contribution in [0.15, 0.2) is 30.3 Å². The SMILES string of the molecule is C#CC(CCC)NCc1ccc2cccc(OC)c2n1. The summed E-state index contributed by atoms with van der Waals surface area (Å²) in [7, 11) is 1.66. The first-order valence-corrected chi connectivity index (χ1v) is 6.90. The Morgan fingerprint density at radius 3 is 2.90 bits per heavy atom. The number of aromatic nitrogens is 1. The van der Waals surface area contributed by atoms with Crippen LogP contribution < -0.4 is 10.1 Å². The van der Waals surface area contributed by atoms with Crippen LogP contribution in [0.5, 0.6) is 5.75 Å². The molecular weight excluding hydrogens is 248 g/mol. The minimum Gasteiger partial charge on any atom is -0.494 e. The number of fused-ring (bicyclic) bond motifs is 1. The second-order valence-electron chi connectivity index (χ2n) is 4.72. The summed E-state index contributed by atoms with van der Waals surface area (Å²) in [6.07, 6.45) is 7.56. The molecule has 0 saturated heterocycles. The third-order valence-electron chi connectivity index (χ3n) is 3.27. The molecule has 1 aromatic carbocycles. The zero-order chi connectivity index (χ0) is 14.4. The highest BCUT2D eigenvalue weighted by Crippen LogP contribution is 2.23. The molecule has 1 heterocycles. The summed E-state index contributed by atoms with van der Waals surface area (Å²) in [6.45, 7) is 2.80. The maximum absolute atomic E-state index is 5.51. The first-order chi connectivity index (χ1) is 9.78. The van der Waals surface area contributed by atoms with Gasteiger partial charge in [0.2, 0.25) is 0 Å². The van der Waals surface area contributed by atoms with E-state index < -0.39 is 0 Å². The van der Waals surface area contributed by atoms with Crippen molar-refractivity contribution >= 4 is 10.9 Å². The van der Waals surface area contributed by atoms with Crippen LogP contribution in [0.4, 0.5) is 0 Å². The van der Waals surface area contributed by atoms with Gasteiger partial charge in [0, 0.05) is 11.9 Å². The summed E-state index contributed by atoms with van der Waals surface area (Å²) < 4.78 is 5.35. The van der Waals surface area contributed by atoms with Crippen molar-refractivity contribution in [1.29, 1.82) is 0 Å². The van der Waals surface area contributed by atoms with Crippen LogP contribution in [-0.4, -0.2) is 18.1 Å². The number of benzene rings is 1. The molecule has 3 heteroatoms. The number of hydrogen-bond acceptors (Lipinski definition) is 3. The molecule has 0 aliphatic rings. The van der Waals surface area contributed by atoms with Gasteiger partial charge < -0.3 is 4.74 Å². The molecule has 0 saturated carbocycles. The van der Waals surface area contributed by atoms with Gasteiger partial charge in [-0.25, -0.2) is 4.98 Å². The van der Waals surface area contributed by atoms with Gasteiger partial charge in [0.15, 0.2) is 0 Å². The van der Waals surface area contributed by atoms with Crippen LogP contribution in [0.2, 0.25) is 0 Å². The van der Waals surface area contributed by atoms with Gasteiger partial charge in [0.05, 0.1) is 18.8 Å². The van der Waals surface area contributed by atoms with E-state index in [2.05, 4.69) is 29.2 Å². The van der Waals surface area contributed by atoms with Crippen molar-refractivity contribution in [1.82, 2.24) is 10.3 Å². The van der Waals surface area contributed by atoms with Gasteiger partial charge in [-0.15, -0.1) is 6.42 Å². The molecule has 1 N–H and O–H groups in total. The van der Waals surface area contributed by atoms with Crippen LogP contribution in [0.25, 0.3) is 10.9 Å². The van der Waals surface area contributed by atoms with Crippen molar-refractivity contribution in [2.45, 2.75) is 32.4 Å². The predicted octanol–water partition coefficient (Wildman–Crippen LogP) is 3.13. The van der Waals surface area contributed by atoms with Crippen LogP contribution in [0.3, 0.4) is 0 Å². The van der Waals surface area contributed by atoms with Crippen molar-refractivity contribution in [2.24, 2.45) is 0 Å². The van der Waals surface area contributed by atoms with Crippen molar-refractivity contribution in [2.75, 3.05) is 7.11 Å². The van der Waals surface area contributed by atoms with E-state index in [1.54, 1.807) is 7.11 Å². The monoisotopic (exact) mass is 268 g/mol. The van der Waals surface area contributed by atoms with E-state index in [4.69, 9.17) is 11.2 Å². The number of nitrogens with zero attached hydrogens (tertiary/aromatic N) is 1. The molecule has 1 aromatic heterocycles. The molecule has 3 nitrogen and oxygen atoms in total. The Morgan fingerprint density at radius 1 is 1.35 bits per heavy atom.